The van der Waals surface area contributed by atoms with Gasteiger partial charge in [0, 0.05) is 35.8 Å². The van der Waals surface area contributed by atoms with Crippen molar-refractivity contribution < 1.29 is 14.3 Å². The summed E-state index contributed by atoms with van der Waals surface area (Å²) in [5.74, 6) is 0.00188. The van der Waals surface area contributed by atoms with E-state index in [9.17, 15) is 14.9 Å². The van der Waals surface area contributed by atoms with E-state index < -0.39 is 6.09 Å². The molecule has 0 radical (unpaired) electrons. The Kier molecular flexibility index (Phi) is 7.11. The maximum Gasteiger partial charge on any atom is 0.411 e. The number of fused-ring (bicyclic) bond motifs is 1. The summed E-state index contributed by atoms with van der Waals surface area (Å²) in [6, 6.07) is 15.8. The Morgan fingerprint density at radius 2 is 1.83 bits per heavy atom. The van der Waals surface area contributed by atoms with Crippen LogP contribution in [0.25, 0.3) is 22.2 Å². The lowest BCUT2D eigenvalue weighted by molar-refractivity contribution is 0.0773. The number of rotatable bonds is 7. The van der Waals surface area contributed by atoms with Gasteiger partial charge in [-0.25, -0.2) is 4.79 Å². The second kappa shape index (κ2) is 10.2. The van der Waals surface area contributed by atoms with Gasteiger partial charge in [-0.1, -0.05) is 18.2 Å². The molecule has 1 aromatic heterocycles. The minimum Gasteiger partial charge on any atom is -0.447 e. The molecule has 1 aliphatic carbocycles. The number of benzene rings is 2. The first-order valence-electron chi connectivity index (χ1n) is 12.3. The van der Waals surface area contributed by atoms with Crippen LogP contribution in [-0.2, 0) is 4.74 Å². The van der Waals surface area contributed by atoms with Crippen LogP contribution in [-0.4, -0.2) is 40.7 Å². The fourth-order valence-corrected chi connectivity index (χ4v) is 4.63. The molecule has 1 aliphatic rings. The quantitative estimate of drug-likeness (QED) is 0.434. The Morgan fingerprint density at radius 1 is 1.14 bits per heavy atom. The molecule has 3 aromatic rings. The number of nitrogens with one attached hydrogen (secondary N) is 1. The van der Waals surface area contributed by atoms with Crippen molar-refractivity contribution in [1.29, 1.82) is 5.26 Å². The first kappa shape index (κ1) is 24.3. The molecule has 2 aromatic carbocycles. The molecule has 1 saturated carbocycles. The number of anilines is 1. The van der Waals surface area contributed by atoms with E-state index in [0.29, 0.717) is 29.9 Å². The van der Waals surface area contributed by atoms with E-state index in [1.807, 2.05) is 56.3 Å². The molecular weight excluding hydrogens is 440 g/mol. The molecule has 0 saturated heterocycles. The topological polar surface area (TPSA) is 87.4 Å². The van der Waals surface area contributed by atoms with Gasteiger partial charge in [-0.05, 0) is 76.8 Å². The number of hydrogen-bond acceptors (Lipinski definition) is 4. The lowest BCUT2D eigenvalue weighted by atomic mass is 9.92. The van der Waals surface area contributed by atoms with Gasteiger partial charge >= 0.3 is 6.09 Å². The van der Waals surface area contributed by atoms with Crippen molar-refractivity contribution in [3.63, 3.8) is 0 Å². The standard InChI is InChI=1S/C28H32N4O3/c1-5-31(6-2)27(33)20-12-15-23-24(17-29)26(32(25(23)16-20)22-8-7-9-22)19-10-13-21(14-11-19)30-28(34)35-18(3)4/h10-16,18,22H,5-9H2,1-4H3,(H,30,34). The Labute approximate surface area is 206 Å². The van der Waals surface area contributed by atoms with Crippen LogP contribution < -0.4 is 5.32 Å². The predicted octanol–water partition coefficient (Wildman–Crippen LogP) is 6.34. The number of aromatic nitrogens is 1. The first-order valence-corrected chi connectivity index (χ1v) is 12.3. The van der Waals surface area contributed by atoms with Gasteiger partial charge in [-0.3, -0.25) is 10.1 Å². The Bertz CT molecular complexity index is 1280. The summed E-state index contributed by atoms with van der Waals surface area (Å²) in [6.07, 6.45) is 2.51. The largest absolute Gasteiger partial charge is 0.447 e. The van der Waals surface area contributed by atoms with E-state index >= 15 is 0 Å². The van der Waals surface area contributed by atoms with E-state index in [-0.39, 0.29) is 18.1 Å². The van der Waals surface area contributed by atoms with Gasteiger partial charge in [0.25, 0.3) is 5.91 Å². The zero-order chi connectivity index (χ0) is 25.1. The fourth-order valence-electron chi connectivity index (χ4n) is 4.63. The third-order valence-electron chi connectivity index (χ3n) is 6.60. The van der Waals surface area contributed by atoms with Crippen LogP contribution in [0.2, 0.25) is 0 Å². The highest BCUT2D eigenvalue weighted by Crippen LogP contribution is 2.43. The van der Waals surface area contributed by atoms with E-state index in [1.54, 1.807) is 18.7 Å². The highest BCUT2D eigenvalue weighted by molar-refractivity contribution is 6.01. The summed E-state index contributed by atoms with van der Waals surface area (Å²) in [7, 11) is 0. The van der Waals surface area contributed by atoms with Crippen molar-refractivity contribution >= 4 is 28.6 Å². The van der Waals surface area contributed by atoms with Crippen LogP contribution in [0.3, 0.4) is 0 Å². The molecule has 35 heavy (non-hydrogen) atoms. The lowest BCUT2D eigenvalue weighted by Gasteiger charge is -2.30. The average molecular weight is 473 g/mol. The molecule has 2 amide bonds. The monoisotopic (exact) mass is 472 g/mol. The molecular formula is C28H32N4O3. The van der Waals surface area contributed by atoms with Crippen molar-refractivity contribution in [3.05, 3.63) is 53.6 Å². The van der Waals surface area contributed by atoms with Crippen molar-refractivity contribution in [2.45, 2.75) is 59.1 Å². The summed E-state index contributed by atoms with van der Waals surface area (Å²) in [6.45, 7) is 8.85. The number of nitriles is 1. The number of nitrogens with zero attached hydrogens (tertiary/aromatic N) is 3. The Balaban J connectivity index is 1.79. The molecule has 0 aliphatic heterocycles. The van der Waals surface area contributed by atoms with Gasteiger partial charge in [0.15, 0.2) is 0 Å². The summed E-state index contributed by atoms with van der Waals surface area (Å²) in [5, 5.41) is 13.7. The molecule has 1 fully saturated rings. The van der Waals surface area contributed by atoms with Crippen LogP contribution in [0, 0.1) is 11.3 Å². The van der Waals surface area contributed by atoms with Crippen molar-refractivity contribution in [2.75, 3.05) is 18.4 Å². The second-order valence-corrected chi connectivity index (χ2v) is 9.16. The summed E-state index contributed by atoms with van der Waals surface area (Å²) < 4.78 is 7.40. The third-order valence-corrected chi connectivity index (χ3v) is 6.60. The first-order chi connectivity index (χ1) is 16.9. The van der Waals surface area contributed by atoms with E-state index in [4.69, 9.17) is 4.74 Å². The molecule has 0 unspecified atom stereocenters. The molecule has 4 rings (SSSR count). The second-order valence-electron chi connectivity index (χ2n) is 9.16. The smallest absolute Gasteiger partial charge is 0.411 e. The zero-order valence-electron chi connectivity index (χ0n) is 20.8. The summed E-state index contributed by atoms with van der Waals surface area (Å²) in [4.78, 5) is 26.8. The SMILES string of the molecule is CCN(CC)C(=O)c1ccc2c(C#N)c(-c3ccc(NC(=O)OC(C)C)cc3)n(C3CCC3)c2c1. The lowest BCUT2D eigenvalue weighted by Crippen LogP contribution is -2.30. The van der Waals surface area contributed by atoms with E-state index in [0.717, 1.165) is 41.4 Å². The molecule has 1 heterocycles. The number of carbonyl (C=O) groups is 2. The zero-order valence-corrected chi connectivity index (χ0v) is 20.8. The molecule has 0 spiro atoms. The average Bonchev–Trinajstić information content (AvgIpc) is 3.12. The molecule has 7 nitrogen and oxygen atoms in total. The van der Waals surface area contributed by atoms with E-state index in [1.165, 1.54) is 0 Å². The van der Waals surface area contributed by atoms with Crippen molar-refractivity contribution in [2.24, 2.45) is 0 Å². The van der Waals surface area contributed by atoms with Gasteiger partial charge in [0.1, 0.15) is 6.07 Å². The molecule has 0 bridgehead atoms. The van der Waals surface area contributed by atoms with Crippen LogP contribution in [0.15, 0.2) is 42.5 Å². The molecule has 1 N–H and O–H groups in total. The maximum absolute atomic E-state index is 13.0. The van der Waals surface area contributed by atoms with Crippen LogP contribution >= 0.6 is 0 Å². The van der Waals surface area contributed by atoms with Crippen LogP contribution in [0.1, 0.15) is 68.9 Å². The summed E-state index contributed by atoms with van der Waals surface area (Å²) in [5.41, 5.74) is 4.53. The maximum atomic E-state index is 13.0. The number of ether oxygens (including phenoxy) is 1. The van der Waals surface area contributed by atoms with Crippen molar-refractivity contribution in [1.82, 2.24) is 9.47 Å². The molecule has 7 heteroatoms. The minimum atomic E-state index is -0.501. The molecule has 182 valence electrons. The summed E-state index contributed by atoms with van der Waals surface area (Å²) >= 11 is 0. The number of amides is 2. The predicted molar refractivity (Wildman–Crippen MR) is 137 cm³/mol. The molecule has 0 atom stereocenters. The number of carbonyl (C=O) groups excluding carboxylic acids is 2. The Morgan fingerprint density at radius 3 is 2.37 bits per heavy atom. The third kappa shape index (κ3) is 4.74. The number of hydrogen-bond donors (Lipinski definition) is 1. The van der Waals surface area contributed by atoms with Gasteiger partial charge < -0.3 is 14.2 Å². The van der Waals surface area contributed by atoms with Crippen molar-refractivity contribution in [3.8, 4) is 17.3 Å². The van der Waals surface area contributed by atoms with Gasteiger partial charge in [0.05, 0.1) is 22.9 Å². The van der Waals surface area contributed by atoms with E-state index in [2.05, 4.69) is 16.0 Å². The highest BCUT2D eigenvalue weighted by Gasteiger charge is 2.28. The van der Waals surface area contributed by atoms with Gasteiger partial charge in [-0.15, -0.1) is 0 Å². The highest BCUT2D eigenvalue weighted by atomic mass is 16.6. The van der Waals surface area contributed by atoms with Crippen LogP contribution in [0.4, 0.5) is 10.5 Å². The fraction of sp³-hybridized carbons (Fsp3) is 0.393. The normalized spacial score (nSPS) is 13.4. The minimum absolute atomic E-state index is 0.00188. The van der Waals surface area contributed by atoms with Gasteiger partial charge in [-0.2, -0.15) is 5.26 Å². The van der Waals surface area contributed by atoms with Gasteiger partial charge in [0.2, 0.25) is 0 Å². The Hall–Kier alpha value is -3.79. The van der Waals surface area contributed by atoms with Crippen LogP contribution in [0.5, 0.6) is 0 Å².